The van der Waals surface area contributed by atoms with Crippen molar-refractivity contribution < 1.29 is 14.6 Å². The van der Waals surface area contributed by atoms with E-state index in [9.17, 15) is 9.90 Å². The summed E-state index contributed by atoms with van der Waals surface area (Å²) in [5.74, 6) is 0. The average Bonchev–Trinajstić information content (AvgIpc) is 2.03. The first-order chi connectivity index (χ1) is 5.27. The highest BCUT2D eigenvalue weighted by Crippen LogP contribution is 2.18. The van der Waals surface area contributed by atoms with E-state index in [0.717, 1.165) is 0 Å². The molecule has 4 nitrogen and oxygen atoms in total. The van der Waals surface area contributed by atoms with Crippen molar-refractivity contribution in [3.8, 4) is 0 Å². The first-order valence-electron chi connectivity index (χ1n) is 3.74. The summed E-state index contributed by atoms with van der Waals surface area (Å²) in [4.78, 5) is 9.94. The maximum Gasteiger partial charge on any atom is 0.207 e. The molecule has 1 heterocycles. The Balaban J connectivity index is 2.30. The lowest BCUT2D eigenvalue weighted by atomic mass is 9.95. The van der Waals surface area contributed by atoms with Crippen molar-refractivity contribution in [1.82, 2.24) is 5.32 Å². The standard InChI is InChI=1S/C7H13NO3/c9-6-8-5-7(10)1-3-11-4-2-7/h6,10H,1-5H2,(H,8,9). The Hall–Kier alpha value is -0.610. The molecule has 1 aliphatic rings. The molecule has 1 rings (SSSR count). The number of amides is 1. The van der Waals surface area contributed by atoms with Gasteiger partial charge in [0.05, 0.1) is 5.60 Å². The van der Waals surface area contributed by atoms with Crippen molar-refractivity contribution in [1.29, 1.82) is 0 Å². The average molecular weight is 159 g/mol. The van der Waals surface area contributed by atoms with Gasteiger partial charge in [0.1, 0.15) is 0 Å². The molecular weight excluding hydrogens is 146 g/mol. The molecule has 0 aromatic carbocycles. The molecule has 2 N–H and O–H groups in total. The van der Waals surface area contributed by atoms with Crippen LogP contribution >= 0.6 is 0 Å². The third-order valence-electron chi connectivity index (χ3n) is 1.94. The largest absolute Gasteiger partial charge is 0.388 e. The van der Waals surface area contributed by atoms with Crippen LogP contribution in [-0.2, 0) is 9.53 Å². The molecule has 4 heteroatoms. The van der Waals surface area contributed by atoms with E-state index in [0.29, 0.717) is 39.0 Å². The van der Waals surface area contributed by atoms with Gasteiger partial charge in [-0.15, -0.1) is 0 Å². The minimum absolute atomic E-state index is 0.333. The molecule has 64 valence electrons. The van der Waals surface area contributed by atoms with Gasteiger partial charge in [-0.05, 0) is 0 Å². The third kappa shape index (κ3) is 2.48. The summed E-state index contributed by atoms with van der Waals surface area (Å²) >= 11 is 0. The van der Waals surface area contributed by atoms with Gasteiger partial charge in [-0.1, -0.05) is 0 Å². The maximum atomic E-state index is 9.94. The van der Waals surface area contributed by atoms with Gasteiger partial charge in [-0.3, -0.25) is 4.79 Å². The van der Waals surface area contributed by atoms with Gasteiger partial charge >= 0.3 is 0 Å². The van der Waals surface area contributed by atoms with E-state index in [1.54, 1.807) is 0 Å². The van der Waals surface area contributed by atoms with Gasteiger partial charge in [0.15, 0.2) is 0 Å². The summed E-state index contributed by atoms with van der Waals surface area (Å²) < 4.78 is 5.07. The first-order valence-corrected chi connectivity index (χ1v) is 3.74. The molecule has 1 amide bonds. The molecule has 11 heavy (non-hydrogen) atoms. The number of rotatable bonds is 3. The summed E-state index contributed by atoms with van der Waals surface area (Å²) in [5, 5.41) is 12.2. The molecule has 0 aromatic rings. The van der Waals surface area contributed by atoms with Crippen LogP contribution in [0.1, 0.15) is 12.8 Å². The fraction of sp³-hybridized carbons (Fsp3) is 0.857. The van der Waals surface area contributed by atoms with Crippen LogP contribution < -0.4 is 5.32 Å². The van der Waals surface area contributed by atoms with Crippen LogP contribution in [-0.4, -0.2) is 36.9 Å². The second-order valence-electron chi connectivity index (χ2n) is 2.84. The van der Waals surface area contributed by atoms with Gasteiger partial charge < -0.3 is 15.2 Å². The van der Waals surface area contributed by atoms with E-state index >= 15 is 0 Å². The molecule has 0 unspecified atom stereocenters. The highest BCUT2D eigenvalue weighted by Gasteiger charge is 2.28. The lowest BCUT2D eigenvalue weighted by molar-refractivity contribution is -0.112. The zero-order chi connectivity index (χ0) is 8.16. The van der Waals surface area contributed by atoms with Crippen molar-refractivity contribution in [3.05, 3.63) is 0 Å². The van der Waals surface area contributed by atoms with Crippen LogP contribution in [0.2, 0.25) is 0 Å². The zero-order valence-corrected chi connectivity index (χ0v) is 6.38. The topological polar surface area (TPSA) is 58.6 Å². The fourth-order valence-electron chi connectivity index (χ4n) is 1.16. The van der Waals surface area contributed by atoms with E-state index in [2.05, 4.69) is 5.32 Å². The van der Waals surface area contributed by atoms with Crippen molar-refractivity contribution >= 4 is 6.41 Å². The number of nitrogens with one attached hydrogen (secondary N) is 1. The van der Waals surface area contributed by atoms with E-state index in [1.807, 2.05) is 0 Å². The van der Waals surface area contributed by atoms with E-state index in [4.69, 9.17) is 4.74 Å². The monoisotopic (exact) mass is 159 g/mol. The van der Waals surface area contributed by atoms with Gasteiger partial charge in [-0.2, -0.15) is 0 Å². The van der Waals surface area contributed by atoms with Gasteiger partial charge in [0.25, 0.3) is 0 Å². The van der Waals surface area contributed by atoms with Gasteiger partial charge in [-0.25, -0.2) is 0 Å². The second-order valence-corrected chi connectivity index (χ2v) is 2.84. The minimum atomic E-state index is -0.737. The van der Waals surface area contributed by atoms with Crippen LogP contribution in [0.4, 0.5) is 0 Å². The smallest absolute Gasteiger partial charge is 0.207 e. The Morgan fingerprint density at radius 3 is 2.73 bits per heavy atom. The number of ether oxygens (including phenoxy) is 1. The lowest BCUT2D eigenvalue weighted by Gasteiger charge is -2.31. The molecule has 0 bridgehead atoms. The SMILES string of the molecule is O=CNCC1(O)CCOCC1. The van der Waals surface area contributed by atoms with Crippen LogP contribution in [0.25, 0.3) is 0 Å². The van der Waals surface area contributed by atoms with Crippen molar-refractivity contribution in [2.24, 2.45) is 0 Å². The number of carbonyl (C=O) groups is 1. The van der Waals surface area contributed by atoms with E-state index < -0.39 is 5.60 Å². The van der Waals surface area contributed by atoms with Crippen molar-refractivity contribution in [3.63, 3.8) is 0 Å². The molecule has 1 saturated heterocycles. The third-order valence-corrected chi connectivity index (χ3v) is 1.94. The molecule has 0 radical (unpaired) electrons. The predicted octanol–water partition coefficient (Wildman–Crippen LogP) is -0.726. The van der Waals surface area contributed by atoms with Crippen LogP contribution in [0.3, 0.4) is 0 Å². The number of carbonyl (C=O) groups excluding carboxylic acids is 1. The highest BCUT2D eigenvalue weighted by molar-refractivity contribution is 5.46. The zero-order valence-electron chi connectivity index (χ0n) is 6.38. The normalized spacial score (nSPS) is 22.6. The molecule has 0 spiro atoms. The lowest BCUT2D eigenvalue weighted by Crippen LogP contribution is -2.44. The molecule has 1 fully saturated rings. The summed E-state index contributed by atoms with van der Waals surface area (Å²) in [6, 6.07) is 0. The summed E-state index contributed by atoms with van der Waals surface area (Å²) in [7, 11) is 0. The van der Waals surface area contributed by atoms with Gasteiger partial charge in [0.2, 0.25) is 6.41 Å². The minimum Gasteiger partial charge on any atom is -0.388 e. The predicted molar refractivity (Wildman–Crippen MR) is 39.1 cm³/mol. The van der Waals surface area contributed by atoms with E-state index in [1.165, 1.54) is 0 Å². The Morgan fingerprint density at radius 1 is 1.55 bits per heavy atom. The number of hydrogen-bond donors (Lipinski definition) is 2. The Kier molecular flexibility index (Phi) is 2.84. The quantitative estimate of drug-likeness (QED) is 0.534. The molecule has 0 atom stereocenters. The van der Waals surface area contributed by atoms with E-state index in [-0.39, 0.29) is 0 Å². The van der Waals surface area contributed by atoms with Crippen molar-refractivity contribution in [2.75, 3.05) is 19.8 Å². The van der Waals surface area contributed by atoms with Crippen LogP contribution in [0.5, 0.6) is 0 Å². The fourth-order valence-corrected chi connectivity index (χ4v) is 1.16. The summed E-state index contributed by atoms with van der Waals surface area (Å²) in [6.45, 7) is 1.49. The van der Waals surface area contributed by atoms with Gasteiger partial charge in [0, 0.05) is 32.6 Å². The van der Waals surface area contributed by atoms with Crippen LogP contribution in [0.15, 0.2) is 0 Å². The highest BCUT2D eigenvalue weighted by atomic mass is 16.5. The van der Waals surface area contributed by atoms with Crippen molar-refractivity contribution in [2.45, 2.75) is 18.4 Å². The molecule has 0 aromatic heterocycles. The Morgan fingerprint density at radius 2 is 2.18 bits per heavy atom. The first kappa shape index (κ1) is 8.49. The molecule has 0 saturated carbocycles. The summed E-state index contributed by atoms with van der Waals surface area (Å²) in [5.41, 5.74) is -0.737. The molecular formula is C7H13NO3. The Bertz CT molecular complexity index is 132. The second kappa shape index (κ2) is 3.69. The molecule has 0 aliphatic carbocycles. The molecule has 1 aliphatic heterocycles. The maximum absolute atomic E-state index is 9.94. The Labute approximate surface area is 65.5 Å². The number of aliphatic hydroxyl groups is 1. The summed E-state index contributed by atoms with van der Waals surface area (Å²) in [6.07, 6.45) is 1.81. The number of hydrogen-bond acceptors (Lipinski definition) is 3. The van der Waals surface area contributed by atoms with Crippen LogP contribution in [0, 0.1) is 0 Å².